The predicted molar refractivity (Wildman–Crippen MR) is 96.5 cm³/mol. The van der Waals surface area contributed by atoms with Crippen LogP contribution < -0.4 is 0 Å². The van der Waals surface area contributed by atoms with Gasteiger partial charge in [-0.2, -0.15) is 0 Å². The van der Waals surface area contributed by atoms with Crippen molar-refractivity contribution in [1.29, 1.82) is 0 Å². The molecule has 1 saturated heterocycles. The van der Waals surface area contributed by atoms with Crippen LogP contribution in [0, 0.1) is 12.8 Å². The summed E-state index contributed by atoms with van der Waals surface area (Å²) in [6, 6.07) is 5.06. The van der Waals surface area contributed by atoms with E-state index < -0.39 is 0 Å². The molecule has 1 aliphatic heterocycles. The standard InChI is InChI=1S/C20H28N2O3/c1-15-6-8-18(23)17(14-15)20(25)22-12-10-21(11-13-22)19(24)9-7-16-4-2-3-5-16/h6,8,14,16,23H,2-5,7,9-13H2,1H3. The first-order valence-corrected chi connectivity index (χ1v) is 9.41. The van der Waals surface area contributed by atoms with E-state index in [-0.39, 0.29) is 17.6 Å². The van der Waals surface area contributed by atoms with E-state index in [1.54, 1.807) is 23.1 Å². The third-order valence-corrected chi connectivity index (χ3v) is 5.54. The van der Waals surface area contributed by atoms with Gasteiger partial charge < -0.3 is 14.9 Å². The Kier molecular flexibility index (Phi) is 5.61. The third-order valence-electron chi connectivity index (χ3n) is 5.54. The number of benzene rings is 1. The highest BCUT2D eigenvalue weighted by Crippen LogP contribution is 2.29. The molecule has 2 amide bonds. The van der Waals surface area contributed by atoms with E-state index in [9.17, 15) is 14.7 Å². The van der Waals surface area contributed by atoms with Crippen molar-refractivity contribution in [1.82, 2.24) is 9.80 Å². The fourth-order valence-electron chi connectivity index (χ4n) is 3.94. The van der Waals surface area contributed by atoms with Crippen molar-refractivity contribution in [2.75, 3.05) is 26.2 Å². The Morgan fingerprint density at radius 1 is 1.08 bits per heavy atom. The second kappa shape index (κ2) is 7.89. The summed E-state index contributed by atoms with van der Waals surface area (Å²) in [6.45, 7) is 4.13. The van der Waals surface area contributed by atoms with Gasteiger partial charge in [-0.3, -0.25) is 9.59 Å². The molecule has 0 radical (unpaired) electrons. The van der Waals surface area contributed by atoms with Crippen molar-refractivity contribution in [2.45, 2.75) is 45.4 Å². The Bertz CT molecular complexity index is 630. The number of aryl methyl sites for hydroxylation is 1. The van der Waals surface area contributed by atoms with Gasteiger partial charge in [-0.05, 0) is 31.4 Å². The molecule has 3 rings (SSSR count). The highest BCUT2D eigenvalue weighted by Gasteiger charge is 2.26. The van der Waals surface area contributed by atoms with Gasteiger partial charge in [0.2, 0.25) is 5.91 Å². The molecule has 5 heteroatoms. The normalized spacial score (nSPS) is 18.6. The van der Waals surface area contributed by atoms with Crippen molar-refractivity contribution in [3.63, 3.8) is 0 Å². The average Bonchev–Trinajstić information content (AvgIpc) is 3.15. The number of phenolic OH excluding ortho intramolecular Hbond substituents is 1. The molecule has 1 aromatic rings. The molecule has 1 saturated carbocycles. The number of nitrogens with zero attached hydrogens (tertiary/aromatic N) is 2. The molecule has 1 N–H and O–H groups in total. The molecule has 2 aliphatic rings. The smallest absolute Gasteiger partial charge is 0.257 e. The van der Waals surface area contributed by atoms with E-state index in [0.29, 0.717) is 38.2 Å². The van der Waals surface area contributed by atoms with Crippen LogP contribution in [-0.4, -0.2) is 52.9 Å². The molecule has 1 aromatic carbocycles. The van der Waals surface area contributed by atoms with Crippen LogP contribution in [0.2, 0.25) is 0 Å². The van der Waals surface area contributed by atoms with Crippen LogP contribution in [0.5, 0.6) is 5.75 Å². The van der Waals surface area contributed by atoms with Crippen LogP contribution >= 0.6 is 0 Å². The molecule has 0 atom stereocenters. The van der Waals surface area contributed by atoms with E-state index in [4.69, 9.17) is 0 Å². The lowest BCUT2D eigenvalue weighted by molar-refractivity contribution is -0.133. The molecule has 1 heterocycles. The first-order chi connectivity index (χ1) is 12.0. The lowest BCUT2D eigenvalue weighted by Crippen LogP contribution is -2.50. The second-order valence-electron chi connectivity index (χ2n) is 7.38. The summed E-state index contributed by atoms with van der Waals surface area (Å²) in [5, 5.41) is 9.94. The van der Waals surface area contributed by atoms with Gasteiger partial charge in [0.25, 0.3) is 5.91 Å². The lowest BCUT2D eigenvalue weighted by atomic mass is 10.0. The van der Waals surface area contributed by atoms with Crippen LogP contribution in [0.25, 0.3) is 0 Å². The molecule has 0 unspecified atom stereocenters. The van der Waals surface area contributed by atoms with E-state index >= 15 is 0 Å². The van der Waals surface area contributed by atoms with Gasteiger partial charge >= 0.3 is 0 Å². The van der Waals surface area contributed by atoms with E-state index in [1.165, 1.54) is 25.7 Å². The molecule has 0 bridgehead atoms. The summed E-state index contributed by atoms with van der Waals surface area (Å²) in [5.41, 5.74) is 1.29. The van der Waals surface area contributed by atoms with Gasteiger partial charge in [0, 0.05) is 32.6 Å². The van der Waals surface area contributed by atoms with E-state index in [0.717, 1.165) is 17.9 Å². The largest absolute Gasteiger partial charge is 0.507 e. The molecular weight excluding hydrogens is 316 g/mol. The molecule has 0 spiro atoms. The number of piperazine rings is 1. The molecule has 2 fully saturated rings. The Morgan fingerprint density at radius 2 is 1.72 bits per heavy atom. The summed E-state index contributed by atoms with van der Waals surface area (Å²) in [6.07, 6.45) is 6.81. The average molecular weight is 344 g/mol. The van der Waals surface area contributed by atoms with E-state index in [2.05, 4.69) is 0 Å². The summed E-state index contributed by atoms with van der Waals surface area (Å²) < 4.78 is 0. The van der Waals surface area contributed by atoms with Crippen LogP contribution in [0.4, 0.5) is 0 Å². The summed E-state index contributed by atoms with van der Waals surface area (Å²) >= 11 is 0. The van der Waals surface area contributed by atoms with Crippen molar-refractivity contribution < 1.29 is 14.7 Å². The van der Waals surface area contributed by atoms with Crippen molar-refractivity contribution in [3.05, 3.63) is 29.3 Å². The van der Waals surface area contributed by atoms with Crippen molar-refractivity contribution >= 4 is 11.8 Å². The topological polar surface area (TPSA) is 60.9 Å². The third kappa shape index (κ3) is 4.33. The Labute approximate surface area is 149 Å². The highest BCUT2D eigenvalue weighted by molar-refractivity contribution is 5.97. The number of carbonyl (C=O) groups is 2. The van der Waals surface area contributed by atoms with Crippen molar-refractivity contribution in [2.24, 2.45) is 5.92 Å². The number of hydrogen-bond acceptors (Lipinski definition) is 3. The second-order valence-corrected chi connectivity index (χ2v) is 7.38. The fraction of sp³-hybridized carbons (Fsp3) is 0.600. The van der Waals surface area contributed by atoms with E-state index in [1.807, 2.05) is 11.8 Å². The highest BCUT2D eigenvalue weighted by atomic mass is 16.3. The minimum absolute atomic E-state index is 0.0191. The number of hydrogen-bond donors (Lipinski definition) is 1. The Balaban J connectivity index is 1.50. The summed E-state index contributed by atoms with van der Waals surface area (Å²) in [7, 11) is 0. The van der Waals surface area contributed by atoms with Crippen LogP contribution in [-0.2, 0) is 4.79 Å². The van der Waals surface area contributed by atoms with Gasteiger partial charge in [-0.25, -0.2) is 0 Å². The van der Waals surface area contributed by atoms with Gasteiger partial charge in [-0.15, -0.1) is 0 Å². The number of aromatic hydroxyl groups is 1. The maximum atomic E-state index is 12.6. The monoisotopic (exact) mass is 344 g/mol. The van der Waals surface area contributed by atoms with Gasteiger partial charge in [0.05, 0.1) is 5.56 Å². The molecular formula is C20H28N2O3. The molecule has 5 nitrogen and oxygen atoms in total. The number of amides is 2. The number of carbonyl (C=O) groups excluding carboxylic acids is 2. The van der Waals surface area contributed by atoms with Gasteiger partial charge in [0.1, 0.15) is 5.75 Å². The molecule has 136 valence electrons. The molecule has 25 heavy (non-hydrogen) atoms. The first-order valence-electron chi connectivity index (χ1n) is 9.41. The Morgan fingerprint density at radius 3 is 2.40 bits per heavy atom. The summed E-state index contributed by atoms with van der Waals surface area (Å²) in [5.74, 6) is 0.818. The SMILES string of the molecule is Cc1ccc(O)c(C(=O)N2CCN(C(=O)CCC3CCCC3)CC2)c1. The zero-order chi connectivity index (χ0) is 17.8. The number of phenols is 1. The van der Waals surface area contributed by atoms with Gasteiger partial charge in [0.15, 0.2) is 0 Å². The molecule has 1 aliphatic carbocycles. The first kappa shape index (κ1) is 17.8. The zero-order valence-electron chi connectivity index (χ0n) is 15.0. The lowest BCUT2D eigenvalue weighted by Gasteiger charge is -2.35. The minimum atomic E-state index is -0.153. The van der Waals surface area contributed by atoms with Crippen LogP contribution in [0.3, 0.4) is 0 Å². The summed E-state index contributed by atoms with van der Waals surface area (Å²) in [4.78, 5) is 28.6. The zero-order valence-corrected chi connectivity index (χ0v) is 15.0. The minimum Gasteiger partial charge on any atom is -0.507 e. The quantitative estimate of drug-likeness (QED) is 0.913. The maximum absolute atomic E-state index is 12.6. The molecule has 0 aromatic heterocycles. The fourth-order valence-corrected chi connectivity index (χ4v) is 3.94. The van der Waals surface area contributed by atoms with Crippen LogP contribution in [0.1, 0.15) is 54.4 Å². The van der Waals surface area contributed by atoms with Crippen molar-refractivity contribution in [3.8, 4) is 5.75 Å². The predicted octanol–water partition coefficient (Wildman–Crippen LogP) is 2.96. The number of rotatable bonds is 4. The Hall–Kier alpha value is -2.04. The van der Waals surface area contributed by atoms with Gasteiger partial charge in [-0.1, -0.05) is 37.3 Å². The maximum Gasteiger partial charge on any atom is 0.257 e. The van der Waals surface area contributed by atoms with Crippen LogP contribution in [0.15, 0.2) is 18.2 Å².